The molecule has 0 bridgehead atoms. The van der Waals surface area contributed by atoms with Crippen LogP contribution in [-0.2, 0) is 11.2 Å². The molecule has 5 nitrogen and oxygen atoms in total. The van der Waals surface area contributed by atoms with E-state index < -0.39 is 5.97 Å². The molecule has 0 spiro atoms. The quantitative estimate of drug-likeness (QED) is 0.367. The third kappa shape index (κ3) is 4.65. The smallest absolute Gasteiger partial charge is 0.307 e. The molecule has 2 aromatic carbocycles. The normalized spacial score (nSPS) is 15.5. The van der Waals surface area contributed by atoms with Crippen LogP contribution in [-0.4, -0.2) is 33.6 Å². The number of carboxylic acids is 1. The van der Waals surface area contributed by atoms with Crippen LogP contribution in [0.5, 0.6) is 0 Å². The van der Waals surface area contributed by atoms with Crippen molar-refractivity contribution in [3.8, 4) is 22.4 Å². The van der Waals surface area contributed by atoms with E-state index in [1.165, 1.54) is 12.1 Å². The number of carbonyl (C=O) groups is 1. The number of hydrogen-bond donors (Lipinski definition) is 1. The average Bonchev–Trinajstić information content (AvgIpc) is 3.24. The maximum atomic E-state index is 13.4. The number of hydrogen-bond acceptors (Lipinski definition) is 3. The van der Waals surface area contributed by atoms with E-state index in [-0.39, 0.29) is 17.7 Å². The molecule has 4 aromatic rings. The van der Waals surface area contributed by atoms with E-state index in [2.05, 4.69) is 29.2 Å². The summed E-state index contributed by atoms with van der Waals surface area (Å²) in [5, 5.41) is 9.64. The Morgan fingerprint density at radius 2 is 1.71 bits per heavy atom. The zero-order valence-corrected chi connectivity index (χ0v) is 20.4. The number of carboxylic acid groups (broad SMARTS) is 1. The Bertz CT molecular complexity index is 1400. The second kappa shape index (κ2) is 8.84. The van der Waals surface area contributed by atoms with Gasteiger partial charge in [0.1, 0.15) is 17.3 Å². The topological polar surface area (TPSA) is 57.8 Å². The van der Waals surface area contributed by atoms with Gasteiger partial charge in [-0.25, -0.2) is 9.37 Å². The van der Waals surface area contributed by atoms with Gasteiger partial charge in [-0.05, 0) is 66.1 Å². The number of rotatable bonds is 5. The Labute approximate surface area is 204 Å². The van der Waals surface area contributed by atoms with E-state index in [1.807, 2.05) is 37.4 Å². The SMILES string of the molecule is Cc1cc2nc(-c3cccc(-c4ccc(F)cc4)c3)cn2c(N2CCC(C)(C)CC2)c1CC(=O)O. The molecule has 35 heavy (non-hydrogen) atoms. The van der Waals surface area contributed by atoms with Gasteiger partial charge in [-0.15, -0.1) is 0 Å². The van der Waals surface area contributed by atoms with Crippen molar-refractivity contribution < 1.29 is 14.3 Å². The Balaban J connectivity index is 1.61. The minimum absolute atomic E-state index is 0.0232. The van der Waals surface area contributed by atoms with Crippen LogP contribution in [0.25, 0.3) is 28.0 Å². The van der Waals surface area contributed by atoms with Crippen LogP contribution in [0.1, 0.15) is 37.8 Å². The molecule has 0 unspecified atom stereocenters. The van der Waals surface area contributed by atoms with Gasteiger partial charge in [0.15, 0.2) is 0 Å². The zero-order chi connectivity index (χ0) is 24.7. The summed E-state index contributed by atoms with van der Waals surface area (Å²) in [6, 6.07) is 16.5. The molecule has 0 saturated carbocycles. The number of fused-ring (bicyclic) bond motifs is 1. The summed E-state index contributed by atoms with van der Waals surface area (Å²) in [6.45, 7) is 8.31. The molecule has 1 fully saturated rings. The van der Waals surface area contributed by atoms with Gasteiger partial charge < -0.3 is 10.0 Å². The van der Waals surface area contributed by atoms with Gasteiger partial charge in [0, 0.05) is 30.4 Å². The fraction of sp³-hybridized carbons (Fsp3) is 0.310. The van der Waals surface area contributed by atoms with Gasteiger partial charge in [0.05, 0.1) is 12.1 Å². The molecule has 2 aromatic heterocycles. The molecule has 0 radical (unpaired) electrons. The Morgan fingerprint density at radius 3 is 2.40 bits per heavy atom. The van der Waals surface area contributed by atoms with Gasteiger partial charge in [0.2, 0.25) is 0 Å². The van der Waals surface area contributed by atoms with Crippen molar-refractivity contribution in [1.29, 1.82) is 0 Å². The maximum Gasteiger partial charge on any atom is 0.307 e. The van der Waals surface area contributed by atoms with Crippen molar-refractivity contribution in [3.63, 3.8) is 0 Å². The van der Waals surface area contributed by atoms with Crippen LogP contribution in [0.2, 0.25) is 0 Å². The lowest BCUT2D eigenvalue weighted by molar-refractivity contribution is -0.136. The standard InChI is InChI=1S/C29H30FN3O2/c1-19-15-26-31-25(22-6-4-5-21(16-22)20-7-9-23(30)10-8-20)18-33(26)28(24(19)17-27(34)35)32-13-11-29(2,3)12-14-32/h4-10,15-16,18H,11-14,17H2,1-3H3,(H,34,35). The molecule has 180 valence electrons. The minimum atomic E-state index is -0.835. The number of nitrogens with zero attached hydrogens (tertiary/aromatic N) is 3. The molecule has 0 atom stereocenters. The molecule has 1 N–H and O–H groups in total. The fourth-order valence-corrected chi connectivity index (χ4v) is 4.94. The summed E-state index contributed by atoms with van der Waals surface area (Å²) in [4.78, 5) is 19.0. The number of halogens is 1. The van der Waals surface area contributed by atoms with E-state index in [1.54, 1.807) is 12.1 Å². The van der Waals surface area contributed by atoms with Crippen LogP contribution >= 0.6 is 0 Å². The van der Waals surface area contributed by atoms with Crippen LogP contribution < -0.4 is 4.90 Å². The monoisotopic (exact) mass is 471 g/mol. The number of aliphatic carboxylic acids is 1. The highest BCUT2D eigenvalue weighted by atomic mass is 19.1. The summed E-state index contributed by atoms with van der Waals surface area (Å²) >= 11 is 0. The summed E-state index contributed by atoms with van der Waals surface area (Å²) in [5.74, 6) is -0.156. The maximum absolute atomic E-state index is 13.4. The lowest BCUT2D eigenvalue weighted by atomic mass is 9.82. The van der Waals surface area contributed by atoms with Crippen LogP contribution in [0.4, 0.5) is 10.2 Å². The van der Waals surface area contributed by atoms with Gasteiger partial charge in [-0.3, -0.25) is 9.20 Å². The first kappa shape index (κ1) is 23.1. The largest absolute Gasteiger partial charge is 0.481 e. The zero-order valence-electron chi connectivity index (χ0n) is 20.4. The van der Waals surface area contributed by atoms with Gasteiger partial charge in [-0.1, -0.05) is 44.2 Å². The van der Waals surface area contributed by atoms with Gasteiger partial charge >= 0.3 is 5.97 Å². The summed E-state index contributed by atoms with van der Waals surface area (Å²) in [6.07, 6.45) is 4.09. The van der Waals surface area contributed by atoms with Crippen molar-refractivity contribution in [2.75, 3.05) is 18.0 Å². The fourth-order valence-electron chi connectivity index (χ4n) is 4.94. The summed E-state index contributed by atoms with van der Waals surface area (Å²) in [7, 11) is 0. The molecule has 1 aliphatic heterocycles. The van der Waals surface area contributed by atoms with Crippen LogP contribution in [0, 0.1) is 18.2 Å². The van der Waals surface area contributed by atoms with E-state index in [0.717, 1.165) is 70.9 Å². The number of imidazole rings is 1. The molecule has 0 aliphatic carbocycles. The second-order valence-corrected chi connectivity index (χ2v) is 10.3. The number of piperidine rings is 1. The highest BCUT2D eigenvalue weighted by Crippen LogP contribution is 2.36. The molecular formula is C29H30FN3O2. The highest BCUT2D eigenvalue weighted by molar-refractivity contribution is 5.77. The van der Waals surface area contributed by atoms with Crippen molar-refractivity contribution >= 4 is 17.4 Å². The van der Waals surface area contributed by atoms with Gasteiger partial charge in [0.25, 0.3) is 0 Å². The first-order valence-electron chi connectivity index (χ1n) is 12.0. The molecule has 1 aliphatic rings. The third-order valence-corrected chi connectivity index (χ3v) is 7.13. The molecular weight excluding hydrogens is 441 g/mol. The van der Waals surface area contributed by atoms with Crippen molar-refractivity contribution in [1.82, 2.24) is 9.38 Å². The van der Waals surface area contributed by atoms with Gasteiger partial charge in [-0.2, -0.15) is 0 Å². The number of pyridine rings is 1. The molecule has 1 saturated heterocycles. The summed E-state index contributed by atoms with van der Waals surface area (Å²) < 4.78 is 15.4. The number of aryl methyl sites for hydroxylation is 1. The first-order chi connectivity index (χ1) is 16.7. The number of aromatic nitrogens is 2. The Morgan fingerprint density at radius 1 is 1.03 bits per heavy atom. The third-order valence-electron chi connectivity index (χ3n) is 7.13. The molecule has 3 heterocycles. The van der Waals surface area contributed by atoms with Crippen molar-refractivity contribution in [3.05, 3.63) is 77.7 Å². The van der Waals surface area contributed by atoms with E-state index in [9.17, 15) is 14.3 Å². The first-order valence-corrected chi connectivity index (χ1v) is 12.0. The predicted molar refractivity (Wildman–Crippen MR) is 137 cm³/mol. The number of anilines is 1. The van der Waals surface area contributed by atoms with Crippen molar-refractivity contribution in [2.45, 2.75) is 40.0 Å². The van der Waals surface area contributed by atoms with E-state index in [0.29, 0.717) is 0 Å². The summed E-state index contributed by atoms with van der Waals surface area (Å²) in [5.41, 5.74) is 6.57. The van der Waals surface area contributed by atoms with E-state index >= 15 is 0 Å². The second-order valence-electron chi connectivity index (χ2n) is 10.3. The Hall–Kier alpha value is -3.67. The minimum Gasteiger partial charge on any atom is -0.481 e. The molecule has 6 heteroatoms. The van der Waals surface area contributed by atoms with E-state index in [4.69, 9.17) is 4.98 Å². The molecule has 0 amide bonds. The average molecular weight is 472 g/mol. The molecule has 5 rings (SSSR count). The Kier molecular flexibility index (Phi) is 5.83. The number of benzene rings is 2. The van der Waals surface area contributed by atoms with Crippen molar-refractivity contribution in [2.24, 2.45) is 5.41 Å². The lowest BCUT2D eigenvalue weighted by Crippen LogP contribution is -2.39. The lowest BCUT2D eigenvalue weighted by Gasteiger charge is -2.39. The van der Waals surface area contributed by atoms with Crippen LogP contribution in [0.3, 0.4) is 0 Å². The van der Waals surface area contributed by atoms with Crippen LogP contribution in [0.15, 0.2) is 60.8 Å². The highest BCUT2D eigenvalue weighted by Gasteiger charge is 2.29. The predicted octanol–water partition coefficient (Wildman–Crippen LogP) is 6.37.